The normalized spacial score (nSPS) is 13.9. The van der Waals surface area contributed by atoms with Gasteiger partial charge in [0.25, 0.3) is 5.91 Å². The molecule has 4 aromatic rings. The molecule has 0 radical (unpaired) electrons. The van der Waals surface area contributed by atoms with E-state index in [1.165, 1.54) is 0 Å². The number of anilines is 2. The number of aliphatic hydroxyl groups is 2. The van der Waals surface area contributed by atoms with Crippen LogP contribution in [0.3, 0.4) is 0 Å². The number of carbonyl (C=O) groups excluding carboxylic acids is 1. The Bertz CT molecular complexity index is 1330. The van der Waals surface area contributed by atoms with Gasteiger partial charge in [-0.3, -0.25) is 9.69 Å². The molecule has 1 aliphatic rings. The third-order valence-corrected chi connectivity index (χ3v) is 6.72. The van der Waals surface area contributed by atoms with Crippen molar-refractivity contribution in [2.75, 3.05) is 31.3 Å². The second-order valence-corrected chi connectivity index (χ2v) is 8.89. The topological polar surface area (TPSA) is 79.2 Å². The van der Waals surface area contributed by atoms with Crippen LogP contribution < -0.4 is 14.4 Å². The van der Waals surface area contributed by atoms with Crippen LogP contribution in [0.25, 0.3) is 0 Å². The number of carbonyl (C=O) groups is 1. The van der Waals surface area contributed by atoms with Crippen molar-refractivity contribution >= 4 is 17.3 Å². The fraction of sp³-hybridized carbons (Fsp3) is 0.194. The molecule has 0 aliphatic carbocycles. The number of para-hydroxylation sites is 2. The van der Waals surface area contributed by atoms with Gasteiger partial charge in [0.15, 0.2) is 0 Å². The second-order valence-electron chi connectivity index (χ2n) is 8.89. The first-order chi connectivity index (χ1) is 18.1. The van der Waals surface area contributed by atoms with Crippen LogP contribution >= 0.6 is 0 Å². The largest absolute Gasteiger partial charge is 0.491 e. The quantitative estimate of drug-likeness (QED) is 0.350. The van der Waals surface area contributed by atoms with Crippen LogP contribution in [-0.4, -0.2) is 42.5 Å². The van der Waals surface area contributed by atoms with E-state index in [4.69, 9.17) is 19.7 Å². The molecule has 0 bridgehead atoms. The zero-order valence-electron chi connectivity index (χ0n) is 20.6. The standard InChI is InChI=1S/C31H29NO5/c1-22-6-2-4-8-28(22)32-29-9-5-3-7-27(29)31(30(32)35,23-10-14-25(15-11-23)36-20-18-33)24-12-16-26(17-13-24)37-21-19-34/h2-17,33-34H,18-21H2,1H3. The van der Waals surface area contributed by atoms with Gasteiger partial charge < -0.3 is 19.7 Å². The van der Waals surface area contributed by atoms with Crippen LogP contribution in [-0.2, 0) is 10.2 Å². The number of hydrogen-bond donors (Lipinski definition) is 2. The maximum atomic E-state index is 14.7. The molecule has 1 aliphatic heterocycles. The molecule has 4 aromatic carbocycles. The van der Waals surface area contributed by atoms with E-state index in [2.05, 4.69) is 0 Å². The molecule has 1 amide bonds. The molecule has 6 heteroatoms. The summed E-state index contributed by atoms with van der Waals surface area (Å²) in [5.41, 5.74) is 4.07. The summed E-state index contributed by atoms with van der Waals surface area (Å²) in [6, 6.07) is 30.8. The van der Waals surface area contributed by atoms with E-state index in [0.717, 1.165) is 33.6 Å². The van der Waals surface area contributed by atoms with Gasteiger partial charge in [-0.15, -0.1) is 0 Å². The van der Waals surface area contributed by atoms with E-state index in [1.54, 1.807) is 0 Å². The summed E-state index contributed by atoms with van der Waals surface area (Å²) >= 11 is 0. The molecule has 0 aromatic heterocycles. The lowest BCUT2D eigenvalue weighted by Gasteiger charge is -2.31. The van der Waals surface area contributed by atoms with Crippen molar-refractivity contribution in [2.45, 2.75) is 12.3 Å². The van der Waals surface area contributed by atoms with Crippen molar-refractivity contribution in [2.24, 2.45) is 0 Å². The number of hydrogen-bond acceptors (Lipinski definition) is 5. The highest BCUT2D eigenvalue weighted by Crippen LogP contribution is 2.53. The van der Waals surface area contributed by atoms with Gasteiger partial charge in [0, 0.05) is 5.56 Å². The number of fused-ring (bicyclic) bond motifs is 1. The lowest BCUT2D eigenvalue weighted by atomic mass is 9.70. The zero-order valence-corrected chi connectivity index (χ0v) is 20.6. The third kappa shape index (κ3) is 4.24. The molecular formula is C31H29NO5. The van der Waals surface area contributed by atoms with Crippen molar-refractivity contribution in [3.8, 4) is 11.5 Å². The maximum absolute atomic E-state index is 14.7. The molecule has 6 nitrogen and oxygen atoms in total. The Morgan fingerprint density at radius 3 is 1.68 bits per heavy atom. The number of rotatable bonds is 9. The van der Waals surface area contributed by atoms with Crippen molar-refractivity contribution in [1.82, 2.24) is 0 Å². The Morgan fingerprint density at radius 1 is 0.676 bits per heavy atom. The Morgan fingerprint density at radius 2 is 1.16 bits per heavy atom. The summed E-state index contributed by atoms with van der Waals surface area (Å²) in [4.78, 5) is 16.6. The fourth-order valence-corrected chi connectivity index (χ4v) is 5.09. The summed E-state index contributed by atoms with van der Waals surface area (Å²) in [6.45, 7) is 2.25. The van der Waals surface area contributed by atoms with Gasteiger partial charge in [-0.2, -0.15) is 0 Å². The average molecular weight is 496 g/mol. The molecule has 0 unspecified atom stereocenters. The number of ether oxygens (including phenoxy) is 2. The Balaban J connectivity index is 1.72. The Kier molecular flexibility index (Phi) is 6.95. The molecule has 188 valence electrons. The Hall–Kier alpha value is -4.13. The monoisotopic (exact) mass is 495 g/mol. The smallest absolute Gasteiger partial charge is 0.251 e. The van der Waals surface area contributed by atoms with Gasteiger partial charge in [0.1, 0.15) is 30.1 Å². The van der Waals surface area contributed by atoms with Crippen LogP contribution in [0.5, 0.6) is 11.5 Å². The number of nitrogens with zero attached hydrogens (tertiary/aromatic N) is 1. The van der Waals surface area contributed by atoms with Crippen LogP contribution in [0.15, 0.2) is 97.1 Å². The lowest BCUT2D eigenvalue weighted by molar-refractivity contribution is -0.120. The first kappa shape index (κ1) is 24.6. The summed E-state index contributed by atoms with van der Waals surface area (Å²) in [5, 5.41) is 18.3. The molecule has 2 N–H and O–H groups in total. The van der Waals surface area contributed by atoms with Gasteiger partial charge in [0.2, 0.25) is 0 Å². The van der Waals surface area contributed by atoms with Gasteiger partial charge in [0.05, 0.1) is 24.6 Å². The van der Waals surface area contributed by atoms with Crippen molar-refractivity contribution < 1.29 is 24.5 Å². The van der Waals surface area contributed by atoms with Crippen LogP contribution in [0.2, 0.25) is 0 Å². The van der Waals surface area contributed by atoms with E-state index in [1.807, 2.05) is 109 Å². The molecule has 1 heterocycles. The summed E-state index contributed by atoms with van der Waals surface area (Å²) in [7, 11) is 0. The van der Waals surface area contributed by atoms with Gasteiger partial charge in [-0.05, 0) is 60.0 Å². The molecule has 0 spiro atoms. The van der Waals surface area contributed by atoms with Crippen LogP contribution in [0.1, 0.15) is 22.3 Å². The number of benzene rings is 4. The lowest BCUT2D eigenvalue weighted by Crippen LogP contribution is -2.40. The number of amides is 1. The highest BCUT2D eigenvalue weighted by atomic mass is 16.5. The van der Waals surface area contributed by atoms with Gasteiger partial charge in [-0.25, -0.2) is 0 Å². The minimum atomic E-state index is -1.11. The van der Waals surface area contributed by atoms with Crippen molar-refractivity contribution in [1.29, 1.82) is 0 Å². The molecule has 0 saturated carbocycles. The van der Waals surface area contributed by atoms with E-state index in [0.29, 0.717) is 11.5 Å². The minimum Gasteiger partial charge on any atom is -0.491 e. The third-order valence-electron chi connectivity index (χ3n) is 6.72. The van der Waals surface area contributed by atoms with E-state index >= 15 is 0 Å². The summed E-state index contributed by atoms with van der Waals surface area (Å²) in [6.07, 6.45) is 0. The molecule has 0 fully saturated rings. The van der Waals surface area contributed by atoms with Crippen LogP contribution in [0, 0.1) is 6.92 Å². The van der Waals surface area contributed by atoms with E-state index in [-0.39, 0.29) is 32.3 Å². The van der Waals surface area contributed by atoms with Gasteiger partial charge >= 0.3 is 0 Å². The second kappa shape index (κ2) is 10.5. The Labute approximate surface area is 216 Å². The van der Waals surface area contributed by atoms with E-state index in [9.17, 15) is 4.79 Å². The van der Waals surface area contributed by atoms with Crippen molar-refractivity contribution in [3.05, 3.63) is 119 Å². The summed E-state index contributed by atoms with van der Waals surface area (Å²) < 4.78 is 11.2. The van der Waals surface area contributed by atoms with Crippen LogP contribution in [0.4, 0.5) is 11.4 Å². The first-order valence-corrected chi connectivity index (χ1v) is 12.3. The fourth-order valence-electron chi connectivity index (χ4n) is 5.09. The summed E-state index contributed by atoms with van der Waals surface area (Å²) in [5.74, 6) is 1.17. The molecule has 37 heavy (non-hydrogen) atoms. The predicted molar refractivity (Wildman–Crippen MR) is 143 cm³/mol. The molecule has 5 rings (SSSR count). The minimum absolute atomic E-state index is 0.0731. The highest BCUT2D eigenvalue weighted by Gasteiger charge is 2.54. The average Bonchev–Trinajstić information content (AvgIpc) is 3.20. The molecule has 0 atom stereocenters. The predicted octanol–water partition coefficient (Wildman–Crippen LogP) is 4.75. The number of aliphatic hydroxyl groups excluding tert-OH is 2. The highest BCUT2D eigenvalue weighted by molar-refractivity contribution is 6.17. The maximum Gasteiger partial charge on any atom is 0.251 e. The number of aryl methyl sites for hydroxylation is 1. The van der Waals surface area contributed by atoms with E-state index < -0.39 is 5.41 Å². The molecular weight excluding hydrogens is 466 g/mol. The van der Waals surface area contributed by atoms with Crippen molar-refractivity contribution in [3.63, 3.8) is 0 Å². The first-order valence-electron chi connectivity index (χ1n) is 12.3. The SMILES string of the molecule is Cc1ccccc1N1C(=O)C(c2ccc(OCCO)cc2)(c2ccc(OCCO)cc2)c2ccccc21. The molecule has 0 saturated heterocycles. The van der Waals surface area contributed by atoms with Gasteiger partial charge in [-0.1, -0.05) is 60.7 Å². The zero-order chi connectivity index (χ0) is 25.8.